The third kappa shape index (κ3) is 2.01. The van der Waals surface area contributed by atoms with Gasteiger partial charge in [-0.05, 0) is 30.9 Å². The van der Waals surface area contributed by atoms with Gasteiger partial charge in [0.1, 0.15) is 0 Å². The summed E-state index contributed by atoms with van der Waals surface area (Å²) in [6, 6.07) is 0. The van der Waals surface area contributed by atoms with Gasteiger partial charge in [0.25, 0.3) is 6.92 Å². The molecule has 9 heavy (non-hydrogen) atoms. The Morgan fingerprint density at radius 1 is 1.56 bits per heavy atom. The normalized spacial score (nSPS) is 20.7. The second kappa shape index (κ2) is 2.74. The number of hydrogen-bond acceptors (Lipinski definition) is 1. The maximum absolute atomic E-state index is 8.93. The van der Waals surface area contributed by atoms with E-state index in [2.05, 4.69) is 13.8 Å². The molecule has 0 unspecified atom stereocenters. The van der Waals surface area contributed by atoms with E-state index in [0.29, 0.717) is 0 Å². The van der Waals surface area contributed by atoms with Crippen LogP contribution in [-0.2, 0) is 0 Å². The van der Waals surface area contributed by atoms with Crippen LogP contribution in [0.5, 0.6) is 0 Å². The Kier molecular flexibility index (Phi) is 2.17. The van der Waals surface area contributed by atoms with E-state index in [1.54, 1.807) is 0 Å². The Morgan fingerprint density at radius 2 is 2.11 bits per heavy atom. The second-order valence-corrected chi connectivity index (χ2v) is 3.62. The first kappa shape index (κ1) is 7.14. The summed E-state index contributed by atoms with van der Waals surface area (Å²) in [6.07, 6.45) is 3.41. The van der Waals surface area contributed by atoms with Gasteiger partial charge in [-0.1, -0.05) is 13.8 Å². The number of rotatable bonds is 2. The van der Waals surface area contributed by atoms with Gasteiger partial charge in [-0.15, -0.1) is 0 Å². The highest BCUT2D eigenvalue weighted by Gasteiger charge is 2.31. The van der Waals surface area contributed by atoms with Crippen LogP contribution in [0.2, 0.25) is 12.6 Å². The van der Waals surface area contributed by atoms with Crippen LogP contribution in [0.25, 0.3) is 0 Å². The summed E-state index contributed by atoms with van der Waals surface area (Å²) in [5.74, 6) is 1.64. The lowest BCUT2D eigenvalue weighted by Gasteiger charge is -2.29. The molecule has 0 bridgehead atoms. The molecule has 0 aromatic carbocycles. The van der Waals surface area contributed by atoms with E-state index in [4.69, 9.17) is 5.02 Å². The first-order chi connectivity index (χ1) is 4.18. The molecule has 0 saturated carbocycles. The topological polar surface area (TPSA) is 20.2 Å². The highest BCUT2D eigenvalue weighted by Crippen LogP contribution is 2.32. The van der Waals surface area contributed by atoms with Crippen molar-refractivity contribution in [2.24, 2.45) is 11.8 Å². The Hall–Kier alpha value is 0.0249. The molecule has 1 N–H and O–H groups in total. The van der Waals surface area contributed by atoms with E-state index in [0.717, 1.165) is 24.5 Å². The van der Waals surface area contributed by atoms with Gasteiger partial charge in [0, 0.05) is 0 Å². The van der Waals surface area contributed by atoms with E-state index in [1.165, 1.54) is 6.42 Å². The maximum Gasteiger partial charge on any atom is 0.289 e. The molecular formula is C7H15BO. The maximum atomic E-state index is 8.93. The summed E-state index contributed by atoms with van der Waals surface area (Å²) < 4.78 is 0. The molecule has 52 valence electrons. The van der Waals surface area contributed by atoms with Crippen LogP contribution in [0.1, 0.15) is 20.3 Å². The minimum absolute atomic E-state index is 0.0359. The molecule has 0 spiro atoms. The van der Waals surface area contributed by atoms with Gasteiger partial charge >= 0.3 is 0 Å². The van der Waals surface area contributed by atoms with Crippen molar-refractivity contribution in [1.82, 2.24) is 0 Å². The molecule has 0 atom stereocenters. The van der Waals surface area contributed by atoms with E-state index in [9.17, 15) is 0 Å². The van der Waals surface area contributed by atoms with Crippen molar-refractivity contribution in [3.8, 4) is 0 Å². The van der Waals surface area contributed by atoms with Crippen molar-refractivity contribution in [2.45, 2.75) is 32.9 Å². The Morgan fingerprint density at radius 3 is 2.44 bits per heavy atom. The smallest absolute Gasteiger partial charge is 0.289 e. The zero-order valence-electron chi connectivity index (χ0n) is 6.30. The minimum Gasteiger partial charge on any atom is -0.450 e. The predicted octanol–water partition coefficient (Wildman–Crippen LogP) is 1.65. The van der Waals surface area contributed by atoms with E-state index >= 15 is 0 Å². The molecule has 1 saturated heterocycles. The lowest BCUT2D eigenvalue weighted by Crippen LogP contribution is -2.31. The van der Waals surface area contributed by atoms with Crippen molar-refractivity contribution < 1.29 is 5.02 Å². The standard InChI is InChI=1S/C7H15BO/c1-6(2)3-7-4-8(9)5-7/h6-7,9H,3-5H2,1-2H3. The summed E-state index contributed by atoms with van der Waals surface area (Å²) in [5.41, 5.74) is 0. The van der Waals surface area contributed by atoms with Crippen LogP contribution in [-0.4, -0.2) is 11.9 Å². The summed E-state index contributed by atoms with van der Waals surface area (Å²) in [4.78, 5) is 0. The van der Waals surface area contributed by atoms with Gasteiger partial charge in [0.05, 0.1) is 0 Å². The summed E-state index contributed by atoms with van der Waals surface area (Å²) in [5, 5.41) is 8.93. The summed E-state index contributed by atoms with van der Waals surface area (Å²) >= 11 is 0. The Bertz CT molecular complexity index is 86.9. The molecule has 0 aromatic rings. The number of hydrogen-bond donors (Lipinski definition) is 1. The van der Waals surface area contributed by atoms with Crippen LogP contribution in [0.4, 0.5) is 0 Å². The van der Waals surface area contributed by atoms with E-state index in [1.807, 2.05) is 0 Å². The SMILES string of the molecule is CC(C)CC1CB(O)C1. The third-order valence-electron chi connectivity index (χ3n) is 2.02. The highest BCUT2D eigenvalue weighted by atomic mass is 16.2. The average Bonchev–Trinajstić information content (AvgIpc) is 1.60. The molecule has 0 aromatic heterocycles. The predicted molar refractivity (Wildman–Crippen MR) is 40.5 cm³/mol. The van der Waals surface area contributed by atoms with Crippen molar-refractivity contribution in [1.29, 1.82) is 0 Å². The first-order valence-corrected chi connectivity index (χ1v) is 3.86. The first-order valence-electron chi connectivity index (χ1n) is 3.86. The van der Waals surface area contributed by atoms with Gasteiger partial charge in [-0.25, -0.2) is 0 Å². The van der Waals surface area contributed by atoms with Crippen molar-refractivity contribution in [3.05, 3.63) is 0 Å². The van der Waals surface area contributed by atoms with Crippen LogP contribution in [0, 0.1) is 11.8 Å². The summed E-state index contributed by atoms with van der Waals surface area (Å²) in [7, 11) is 0. The molecular weight excluding hydrogens is 111 g/mol. The largest absolute Gasteiger partial charge is 0.450 e. The molecule has 1 rings (SSSR count). The Labute approximate surface area is 57.6 Å². The molecule has 0 radical (unpaired) electrons. The van der Waals surface area contributed by atoms with Crippen LogP contribution in [0.3, 0.4) is 0 Å². The van der Waals surface area contributed by atoms with E-state index < -0.39 is 0 Å². The van der Waals surface area contributed by atoms with Gasteiger partial charge in [-0.2, -0.15) is 0 Å². The van der Waals surface area contributed by atoms with Crippen LogP contribution in [0.15, 0.2) is 0 Å². The fourth-order valence-electron chi connectivity index (χ4n) is 1.56. The average molecular weight is 126 g/mol. The lowest BCUT2D eigenvalue weighted by atomic mass is 9.43. The van der Waals surface area contributed by atoms with Gasteiger partial charge in [-0.3, -0.25) is 0 Å². The molecule has 1 nitrogen and oxygen atoms in total. The molecule has 1 aliphatic heterocycles. The molecule has 1 heterocycles. The van der Waals surface area contributed by atoms with Gasteiger partial charge < -0.3 is 5.02 Å². The van der Waals surface area contributed by atoms with E-state index in [-0.39, 0.29) is 6.92 Å². The highest BCUT2D eigenvalue weighted by molar-refractivity contribution is 6.53. The third-order valence-corrected chi connectivity index (χ3v) is 2.02. The van der Waals surface area contributed by atoms with Crippen molar-refractivity contribution in [3.63, 3.8) is 0 Å². The molecule has 0 aliphatic carbocycles. The minimum atomic E-state index is 0.0359. The van der Waals surface area contributed by atoms with Crippen molar-refractivity contribution in [2.75, 3.05) is 0 Å². The fourth-order valence-corrected chi connectivity index (χ4v) is 1.56. The van der Waals surface area contributed by atoms with Crippen molar-refractivity contribution >= 4 is 6.92 Å². The van der Waals surface area contributed by atoms with Gasteiger partial charge in [0.2, 0.25) is 0 Å². The summed E-state index contributed by atoms with van der Waals surface area (Å²) in [6.45, 7) is 4.52. The zero-order chi connectivity index (χ0) is 6.85. The Balaban J connectivity index is 2.04. The van der Waals surface area contributed by atoms with Crippen LogP contribution < -0.4 is 0 Å². The monoisotopic (exact) mass is 126 g/mol. The molecule has 1 aliphatic rings. The molecule has 0 amide bonds. The second-order valence-electron chi connectivity index (χ2n) is 3.62. The van der Waals surface area contributed by atoms with Crippen LogP contribution >= 0.6 is 0 Å². The quantitative estimate of drug-likeness (QED) is 0.557. The molecule has 2 heteroatoms. The zero-order valence-corrected chi connectivity index (χ0v) is 6.30. The fraction of sp³-hybridized carbons (Fsp3) is 1.00. The molecule has 1 fully saturated rings. The van der Waals surface area contributed by atoms with Gasteiger partial charge in [0.15, 0.2) is 0 Å². The lowest BCUT2D eigenvalue weighted by molar-refractivity contribution is 0.391.